The van der Waals surface area contributed by atoms with Gasteiger partial charge in [0.1, 0.15) is 5.82 Å². The molecule has 11 heteroatoms. The van der Waals surface area contributed by atoms with Gasteiger partial charge < -0.3 is 9.30 Å². The molecule has 1 aliphatic rings. The molecule has 2 atom stereocenters. The smallest absolute Gasteiger partial charge is 0.380 e. The molecule has 0 fully saturated rings. The zero-order valence-electron chi connectivity index (χ0n) is 17.3. The normalized spacial score (nSPS) is 18.5. The summed E-state index contributed by atoms with van der Waals surface area (Å²) in [4.78, 5) is 8.96. The molecule has 1 aromatic carbocycles. The monoisotopic (exact) mass is 485 g/mol. The summed E-state index contributed by atoms with van der Waals surface area (Å²) in [7, 11) is 0. The minimum Gasteiger partial charge on any atom is -0.380 e. The standard InChI is InChI=1S/C21H20Cl2F3N5O/c1-3-32-9-8-30-7-6-27-20(30)18-12(2)28-17-11-16(21(24,25)26)29-31(17)19(18)13-4-5-14(22)15(23)10-13/h4-7,10-11,18-19H,3,8-9H2,1-2H3/t18?,19-/m1/s1. The molecular formula is C21H20Cl2F3N5O. The van der Waals surface area contributed by atoms with Crippen molar-refractivity contribution in [2.75, 3.05) is 13.2 Å². The SMILES string of the molecule is CCOCCn1ccnc1C1C(C)=Nc2cc(C(F)(F)F)nn2[C@@H]1c1ccc(Cl)c(Cl)c1. The highest BCUT2D eigenvalue weighted by Crippen LogP contribution is 2.44. The fraction of sp³-hybridized carbons (Fsp3) is 0.381. The summed E-state index contributed by atoms with van der Waals surface area (Å²) in [6.07, 6.45) is -1.13. The first-order valence-electron chi connectivity index (χ1n) is 9.96. The lowest BCUT2D eigenvalue weighted by Gasteiger charge is -2.32. The quantitative estimate of drug-likeness (QED) is 0.407. The van der Waals surface area contributed by atoms with E-state index in [0.29, 0.717) is 46.9 Å². The number of ether oxygens (including phenoxy) is 1. The number of alkyl halides is 3. The van der Waals surface area contributed by atoms with Crippen molar-refractivity contribution >= 4 is 34.7 Å². The van der Waals surface area contributed by atoms with Crippen LogP contribution < -0.4 is 0 Å². The van der Waals surface area contributed by atoms with Gasteiger partial charge in [-0.1, -0.05) is 29.3 Å². The molecule has 0 spiro atoms. The van der Waals surface area contributed by atoms with Gasteiger partial charge in [0, 0.05) is 37.3 Å². The number of rotatable bonds is 6. The van der Waals surface area contributed by atoms with Crippen LogP contribution in [0, 0.1) is 0 Å². The van der Waals surface area contributed by atoms with Crippen LogP contribution in [-0.4, -0.2) is 38.3 Å². The Morgan fingerprint density at radius 1 is 1.16 bits per heavy atom. The first-order valence-corrected chi connectivity index (χ1v) is 10.7. The van der Waals surface area contributed by atoms with Crippen LogP contribution in [0.3, 0.4) is 0 Å². The van der Waals surface area contributed by atoms with E-state index in [0.717, 1.165) is 6.07 Å². The third kappa shape index (κ3) is 4.29. The Labute approximate surface area is 192 Å². The number of fused-ring (bicyclic) bond motifs is 1. The maximum atomic E-state index is 13.4. The Kier molecular flexibility index (Phi) is 6.33. The van der Waals surface area contributed by atoms with Crippen LogP contribution in [0.15, 0.2) is 41.7 Å². The summed E-state index contributed by atoms with van der Waals surface area (Å²) in [5, 5.41) is 4.53. The van der Waals surface area contributed by atoms with Crippen LogP contribution in [0.25, 0.3) is 0 Å². The molecule has 0 saturated carbocycles. The molecule has 0 N–H and O–H groups in total. The third-order valence-electron chi connectivity index (χ3n) is 5.32. The summed E-state index contributed by atoms with van der Waals surface area (Å²) < 4.78 is 49.0. The lowest BCUT2D eigenvalue weighted by molar-refractivity contribution is -0.141. The van der Waals surface area contributed by atoms with Crippen LogP contribution >= 0.6 is 23.2 Å². The largest absolute Gasteiger partial charge is 0.435 e. The Hall–Kier alpha value is -2.36. The van der Waals surface area contributed by atoms with Crippen molar-refractivity contribution < 1.29 is 17.9 Å². The van der Waals surface area contributed by atoms with E-state index in [9.17, 15) is 13.2 Å². The van der Waals surface area contributed by atoms with Gasteiger partial charge in [-0.15, -0.1) is 0 Å². The van der Waals surface area contributed by atoms with Crippen LogP contribution in [0.2, 0.25) is 10.0 Å². The molecule has 4 rings (SSSR count). The Bertz CT molecular complexity index is 1150. The topological polar surface area (TPSA) is 57.2 Å². The molecule has 0 amide bonds. The molecule has 6 nitrogen and oxygen atoms in total. The van der Waals surface area contributed by atoms with Gasteiger partial charge >= 0.3 is 6.18 Å². The highest BCUT2D eigenvalue weighted by Gasteiger charge is 2.41. The minimum atomic E-state index is -4.60. The Morgan fingerprint density at radius 3 is 2.62 bits per heavy atom. The van der Waals surface area contributed by atoms with E-state index in [1.54, 1.807) is 31.3 Å². The molecule has 0 aliphatic carbocycles. The second-order valence-electron chi connectivity index (χ2n) is 7.36. The van der Waals surface area contributed by atoms with Gasteiger partial charge in [0.05, 0.1) is 28.6 Å². The van der Waals surface area contributed by atoms with Gasteiger partial charge in [-0.25, -0.2) is 14.7 Å². The maximum absolute atomic E-state index is 13.4. The van der Waals surface area contributed by atoms with Crippen molar-refractivity contribution in [3.63, 3.8) is 0 Å². The molecule has 0 bridgehead atoms. The summed E-state index contributed by atoms with van der Waals surface area (Å²) in [6.45, 7) is 5.29. The lowest BCUT2D eigenvalue weighted by atomic mass is 9.87. The second-order valence-corrected chi connectivity index (χ2v) is 8.17. The number of hydrogen-bond acceptors (Lipinski definition) is 4. The van der Waals surface area contributed by atoms with Crippen LogP contribution in [0.1, 0.15) is 42.9 Å². The van der Waals surface area contributed by atoms with E-state index in [1.165, 1.54) is 4.68 Å². The molecule has 170 valence electrons. The summed E-state index contributed by atoms with van der Waals surface area (Å²) in [5.74, 6) is 0.295. The Morgan fingerprint density at radius 2 is 1.94 bits per heavy atom. The van der Waals surface area contributed by atoms with Crippen LogP contribution in [0.5, 0.6) is 0 Å². The predicted octanol–water partition coefficient (Wildman–Crippen LogP) is 5.92. The van der Waals surface area contributed by atoms with Crippen molar-refractivity contribution in [1.29, 1.82) is 0 Å². The van der Waals surface area contributed by atoms with E-state index in [-0.39, 0.29) is 5.82 Å². The summed E-state index contributed by atoms with van der Waals surface area (Å²) in [6, 6.07) is 5.29. The molecule has 0 radical (unpaired) electrons. The van der Waals surface area contributed by atoms with E-state index >= 15 is 0 Å². The van der Waals surface area contributed by atoms with Gasteiger partial charge in [-0.2, -0.15) is 18.3 Å². The molecule has 1 unspecified atom stereocenters. The number of halogens is 5. The van der Waals surface area contributed by atoms with Gasteiger partial charge in [-0.3, -0.25) is 0 Å². The van der Waals surface area contributed by atoms with Crippen LogP contribution in [-0.2, 0) is 17.5 Å². The third-order valence-corrected chi connectivity index (χ3v) is 6.06. The van der Waals surface area contributed by atoms with Crippen molar-refractivity contribution in [3.8, 4) is 0 Å². The number of hydrogen-bond donors (Lipinski definition) is 0. The predicted molar refractivity (Wildman–Crippen MR) is 116 cm³/mol. The fourth-order valence-electron chi connectivity index (χ4n) is 3.89. The highest BCUT2D eigenvalue weighted by molar-refractivity contribution is 6.42. The number of imidazole rings is 1. The van der Waals surface area contributed by atoms with Crippen LogP contribution in [0.4, 0.5) is 19.0 Å². The Balaban J connectivity index is 1.86. The zero-order chi connectivity index (χ0) is 23.0. The first-order chi connectivity index (χ1) is 15.2. The van der Waals surface area contributed by atoms with Gasteiger partial charge in [-0.05, 0) is 31.5 Å². The molecule has 3 aromatic rings. The van der Waals surface area contributed by atoms with Crippen molar-refractivity contribution in [2.24, 2.45) is 4.99 Å². The summed E-state index contributed by atoms with van der Waals surface area (Å²) >= 11 is 12.3. The van der Waals surface area contributed by atoms with Crippen molar-refractivity contribution in [2.45, 2.75) is 38.5 Å². The number of nitrogens with zero attached hydrogens (tertiary/aromatic N) is 5. The summed E-state index contributed by atoms with van der Waals surface area (Å²) in [5.41, 5.74) is 0.261. The lowest BCUT2D eigenvalue weighted by Crippen LogP contribution is -2.31. The zero-order valence-corrected chi connectivity index (χ0v) is 18.8. The van der Waals surface area contributed by atoms with Crippen molar-refractivity contribution in [1.82, 2.24) is 19.3 Å². The number of benzene rings is 1. The van der Waals surface area contributed by atoms with E-state index < -0.39 is 23.8 Å². The first kappa shape index (κ1) is 22.8. The fourth-order valence-corrected chi connectivity index (χ4v) is 4.19. The molecule has 3 heterocycles. The second kappa shape index (κ2) is 8.88. The maximum Gasteiger partial charge on any atom is 0.435 e. The molecule has 0 saturated heterocycles. The van der Waals surface area contributed by atoms with E-state index in [1.807, 2.05) is 17.7 Å². The number of aromatic nitrogens is 4. The molecular weight excluding hydrogens is 466 g/mol. The van der Waals surface area contributed by atoms with E-state index in [2.05, 4.69) is 15.1 Å². The van der Waals surface area contributed by atoms with Gasteiger partial charge in [0.2, 0.25) is 0 Å². The average Bonchev–Trinajstić information content (AvgIpc) is 3.36. The average molecular weight is 486 g/mol. The van der Waals surface area contributed by atoms with E-state index in [4.69, 9.17) is 27.9 Å². The molecule has 32 heavy (non-hydrogen) atoms. The molecule has 1 aliphatic heterocycles. The highest BCUT2D eigenvalue weighted by atomic mass is 35.5. The van der Waals surface area contributed by atoms with Gasteiger partial charge in [0.25, 0.3) is 0 Å². The minimum absolute atomic E-state index is 0.120. The van der Waals surface area contributed by atoms with Crippen molar-refractivity contribution in [3.05, 3.63) is 63.8 Å². The number of aliphatic imine (C=N–C) groups is 1. The van der Waals surface area contributed by atoms with Gasteiger partial charge in [0.15, 0.2) is 11.5 Å². The molecule has 2 aromatic heterocycles.